The minimum absolute atomic E-state index is 0.413. The summed E-state index contributed by atoms with van der Waals surface area (Å²) in [5, 5.41) is 8.48. The molecule has 0 aromatic heterocycles. The predicted octanol–water partition coefficient (Wildman–Crippen LogP) is 1.80. The quantitative estimate of drug-likeness (QED) is 0.900. The van der Waals surface area contributed by atoms with E-state index in [1.807, 2.05) is 0 Å². The molecule has 1 aromatic carbocycles. The van der Waals surface area contributed by atoms with Crippen LogP contribution in [0.5, 0.6) is 0 Å². The van der Waals surface area contributed by atoms with E-state index in [2.05, 4.69) is 0 Å². The molecule has 0 aliphatic heterocycles. The van der Waals surface area contributed by atoms with Crippen LogP contribution < -0.4 is 0 Å². The van der Waals surface area contributed by atoms with Crippen molar-refractivity contribution in [1.82, 2.24) is 4.31 Å². The van der Waals surface area contributed by atoms with Gasteiger partial charge in [0.1, 0.15) is 0 Å². The number of alkyl halides is 3. The van der Waals surface area contributed by atoms with Crippen molar-refractivity contribution in [3.63, 3.8) is 0 Å². The van der Waals surface area contributed by atoms with Gasteiger partial charge < -0.3 is 5.11 Å². The number of aliphatic carboxylic acids is 1. The van der Waals surface area contributed by atoms with Crippen molar-refractivity contribution in [2.24, 2.45) is 0 Å². The number of carboxylic acids is 1. The van der Waals surface area contributed by atoms with Gasteiger partial charge in [-0.25, -0.2) is 12.7 Å². The zero-order valence-electron chi connectivity index (χ0n) is 10.4. The highest BCUT2D eigenvalue weighted by Crippen LogP contribution is 2.34. The van der Waals surface area contributed by atoms with Crippen molar-refractivity contribution in [2.45, 2.75) is 17.5 Å². The monoisotopic (exact) mass is 311 g/mol. The molecule has 0 spiro atoms. The molecule has 5 nitrogen and oxygen atoms in total. The number of benzene rings is 1. The molecule has 0 unspecified atom stereocenters. The minimum atomic E-state index is -4.81. The van der Waals surface area contributed by atoms with E-state index in [1.54, 1.807) is 0 Å². The third kappa shape index (κ3) is 3.70. The third-order valence-corrected chi connectivity index (χ3v) is 4.44. The van der Waals surface area contributed by atoms with E-state index in [0.717, 1.165) is 19.2 Å². The lowest BCUT2D eigenvalue weighted by Crippen LogP contribution is -2.30. The van der Waals surface area contributed by atoms with Crippen LogP contribution in [0.15, 0.2) is 29.2 Å². The Kier molecular flexibility index (Phi) is 4.77. The highest BCUT2D eigenvalue weighted by molar-refractivity contribution is 7.89. The van der Waals surface area contributed by atoms with Gasteiger partial charge in [0.25, 0.3) is 0 Å². The number of carbonyl (C=O) groups is 1. The highest BCUT2D eigenvalue weighted by atomic mass is 32.2. The molecular formula is C11H12F3NO4S. The SMILES string of the molecule is CN(CCC(=O)O)S(=O)(=O)c1ccccc1C(F)(F)F. The van der Waals surface area contributed by atoms with E-state index in [9.17, 15) is 26.4 Å². The molecule has 9 heteroatoms. The summed E-state index contributed by atoms with van der Waals surface area (Å²) in [4.78, 5) is 9.50. The predicted molar refractivity (Wildman–Crippen MR) is 63.5 cm³/mol. The molecule has 0 aliphatic rings. The minimum Gasteiger partial charge on any atom is -0.481 e. The first-order chi connectivity index (χ1) is 9.06. The van der Waals surface area contributed by atoms with Crippen LogP contribution in [0.3, 0.4) is 0 Å². The Morgan fingerprint density at radius 2 is 1.85 bits per heavy atom. The van der Waals surface area contributed by atoms with Crippen LogP contribution in [0.4, 0.5) is 13.2 Å². The molecule has 0 bridgehead atoms. The summed E-state index contributed by atoms with van der Waals surface area (Å²) < 4.78 is 63.0. The Morgan fingerprint density at radius 3 is 2.35 bits per heavy atom. The molecule has 0 saturated carbocycles. The van der Waals surface area contributed by atoms with Crippen LogP contribution in [0.1, 0.15) is 12.0 Å². The second-order valence-electron chi connectivity index (χ2n) is 3.96. The number of carboxylic acid groups (broad SMARTS) is 1. The lowest BCUT2D eigenvalue weighted by molar-refractivity contribution is -0.140. The summed E-state index contributed by atoms with van der Waals surface area (Å²) in [6.45, 7) is -0.413. The van der Waals surface area contributed by atoms with Crippen molar-refractivity contribution in [1.29, 1.82) is 0 Å². The smallest absolute Gasteiger partial charge is 0.417 e. The molecule has 0 amide bonds. The Hall–Kier alpha value is -1.61. The summed E-state index contributed by atoms with van der Waals surface area (Å²) >= 11 is 0. The number of sulfonamides is 1. The summed E-state index contributed by atoms with van der Waals surface area (Å²) in [5.41, 5.74) is -1.28. The van der Waals surface area contributed by atoms with Crippen LogP contribution >= 0.6 is 0 Å². The van der Waals surface area contributed by atoms with Gasteiger partial charge in [-0.2, -0.15) is 13.2 Å². The second-order valence-corrected chi connectivity index (χ2v) is 5.98. The molecule has 0 fully saturated rings. The highest BCUT2D eigenvalue weighted by Gasteiger charge is 2.38. The Labute approximate surface area is 113 Å². The molecule has 1 aromatic rings. The van der Waals surface area contributed by atoms with E-state index in [4.69, 9.17) is 5.11 Å². The van der Waals surface area contributed by atoms with Gasteiger partial charge in [-0.15, -0.1) is 0 Å². The van der Waals surface area contributed by atoms with Gasteiger partial charge >= 0.3 is 12.1 Å². The van der Waals surface area contributed by atoms with Crippen LogP contribution in [0, 0.1) is 0 Å². The molecule has 0 atom stereocenters. The van der Waals surface area contributed by atoms with Crippen molar-refractivity contribution in [3.8, 4) is 0 Å². The fraction of sp³-hybridized carbons (Fsp3) is 0.364. The van der Waals surface area contributed by atoms with Crippen molar-refractivity contribution < 1.29 is 31.5 Å². The Balaban J connectivity index is 3.20. The van der Waals surface area contributed by atoms with E-state index in [0.29, 0.717) is 10.4 Å². The number of nitrogens with zero attached hydrogens (tertiary/aromatic N) is 1. The number of halogens is 3. The lowest BCUT2D eigenvalue weighted by Gasteiger charge is -2.19. The summed E-state index contributed by atoms with van der Waals surface area (Å²) in [6.07, 6.45) is -5.30. The first-order valence-corrected chi connectivity index (χ1v) is 6.85. The second kappa shape index (κ2) is 5.80. The van der Waals surface area contributed by atoms with Gasteiger partial charge in [-0.05, 0) is 12.1 Å². The van der Waals surface area contributed by atoms with Crippen molar-refractivity contribution in [3.05, 3.63) is 29.8 Å². The topological polar surface area (TPSA) is 74.7 Å². The van der Waals surface area contributed by atoms with Crippen LogP contribution in [-0.4, -0.2) is 37.4 Å². The zero-order valence-corrected chi connectivity index (χ0v) is 11.2. The number of rotatable bonds is 5. The molecule has 112 valence electrons. The van der Waals surface area contributed by atoms with Crippen LogP contribution in [0.25, 0.3) is 0 Å². The van der Waals surface area contributed by atoms with Crippen LogP contribution in [-0.2, 0) is 21.0 Å². The fourth-order valence-electron chi connectivity index (χ4n) is 1.47. The van der Waals surface area contributed by atoms with Crippen molar-refractivity contribution in [2.75, 3.05) is 13.6 Å². The fourth-order valence-corrected chi connectivity index (χ4v) is 2.85. The molecule has 0 radical (unpaired) electrons. The molecular weight excluding hydrogens is 299 g/mol. The number of hydrogen-bond acceptors (Lipinski definition) is 3. The maximum atomic E-state index is 12.8. The molecule has 1 N–H and O–H groups in total. The van der Waals surface area contributed by atoms with E-state index >= 15 is 0 Å². The maximum absolute atomic E-state index is 12.8. The van der Waals surface area contributed by atoms with Gasteiger partial charge in [0, 0.05) is 13.6 Å². The molecule has 0 heterocycles. The summed E-state index contributed by atoms with van der Waals surface area (Å²) in [7, 11) is -3.37. The summed E-state index contributed by atoms with van der Waals surface area (Å²) in [5.74, 6) is -1.24. The first-order valence-electron chi connectivity index (χ1n) is 5.41. The Bertz CT molecular complexity index is 598. The normalized spacial score (nSPS) is 12.7. The van der Waals surface area contributed by atoms with Gasteiger partial charge in [0.15, 0.2) is 0 Å². The molecule has 20 heavy (non-hydrogen) atoms. The summed E-state index contributed by atoms with van der Waals surface area (Å²) in [6, 6.07) is 3.76. The average molecular weight is 311 g/mol. The van der Waals surface area contributed by atoms with E-state index in [1.165, 1.54) is 6.07 Å². The van der Waals surface area contributed by atoms with Gasteiger partial charge in [0.2, 0.25) is 10.0 Å². The van der Waals surface area contributed by atoms with Crippen molar-refractivity contribution >= 4 is 16.0 Å². The standard InChI is InChI=1S/C11H12F3NO4S/c1-15(7-6-10(16)17)20(18,19)9-5-3-2-4-8(9)11(12,13)14/h2-5H,6-7H2,1H3,(H,16,17). The molecule has 1 rings (SSSR count). The van der Waals surface area contributed by atoms with Gasteiger partial charge in [0.05, 0.1) is 16.9 Å². The molecule has 0 aliphatic carbocycles. The largest absolute Gasteiger partial charge is 0.481 e. The maximum Gasteiger partial charge on any atom is 0.417 e. The molecule has 0 saturated heterocycles. The average Bonchev–Trinajstić information content (AvgIpc) is 2.34. The lowest BCUT2D eigenvalue weighted by atomic mass is 10.2. The number of hydrogen-bond donors (Lipinski definition) is 1. The van der Waals surface area contributed by atoms with E-state index < -0.39 is 45.6 Å². The first kappa shape index (κ1) is 16.4. The Morgan fingerprint density at radius 1 is 1.30 bits per heavy atom. The van der Waals surface area contributed by atoms with Crippen LogP contribution in [0.2, 0.25) is 0 Å². The van der Waals surface area contributed by atoms with Gasteiger partial charge in [-0.3, -0.25) is 4.79 Å². The third-order valence-electron chi connectivity index (χ3n) is 2.52. The zero-order chi connectivity index (χ0) is 15.6. The van der Waals surface area contributed by atoms with Gasteiger partial charge in [-0.1, -0.05) is 12.1 Å². The van der Waals surface area contributed by atoms with E-state index in [-0.39, 0.29) is 0 Å².